The van der Waals surface area contributed by atoms with Crippen LogP contribution in [0.4, 0.5) is 4.39 Å². The molecule has 1 aliphatic heterocycles. The summed E-state index contributed by atoms with van der Waals surface area (Å²) < 4.78 is 17.9. The number of carbonyl (C=O) groups excluding carboxylic acids is 1. The highest BCUT2D eigenvalue weighted by Crippen LogP contribution is 2.18. The van der Waals surface area contributed by atoms with Gasteiger partial charge in [-0.2, -0.15) is 0 Å². The van der Waals surface area contributed by atoms with Gasteiger partial charge in [0.05, 0.1) is 29.3 Å². The number of aliphatic hydroxyl groups excluding tert-OH is 1. The van der Waals surface area contributed by atoms with Gasteiger partial charge in [-0.1, -0.05) is 11.6 Å². The van der Waals surface area contributed by atoms with Gasteiger partial charge < -0.3 is 15.2 Å². The number of amides is 1. The molecule has 2 atom stereocenters. The summed E-state index contributed by atoms with van der Waals surface area (Å²) >= 11 is 5.79. The van der Waals surface area contributed by atoms with Crippen LogP contribution >= 0.6 is 11.6 Å². The molecule has 98 valence electrons. The lowest BCUT2D eigenvalue weighted by atomic mass is 10.1. The van der Waals surface area contributed by atoms with E-state index in [4.69, 9.17) is 16.3 Å². The molecular weight excluding hydrogens is 261 g/mol. The van der Waals surface area contributed by atoms with Crippen LogP contribution in [0.15, 0.2) is 18.2 Å². The van der Waals surface area contributed by atoms with E-state index in [1.165, 1.54) is 12.1 Å². The van der Waals surface area contributed by atoms with Crippen molar-refractivity contribution in [1.82, 2.24) is 5.32 Å². The zero-order valence-electron chi connectivity index (χ0n) is 9.53. The summed E-state index contributed by atoms with van der Waals surface area (Å²) in [5.41, 5.74) is 0.191. The summed E-state index contributed by atoms with van der Waals surface area (Å²) in [6, 6.07) is 3.20. The standard InChI is InChI=1S/C12H13ClFNO3/c13-9-5-7(14)1-2-8(9)12(17)15-10-3-4-18-6-11(10)16/h1-2,5,10-11,16H,3-4,6H2,(H,15,17)/t10-,11-/m1/s1. The van der Waals surface area contributed by atoms with Crippen LogP contribution in [0.5, 0.6) is 0 Å². The average Bonchev–Trinajstić information content (AvgIpc) is 2.32. The molecule has 1 saturated heterocycles. The summed E-state index contributed by atoms with van der Waals surface area (Å²) in [7, 11) is 0. The highest BCUT2D eigenvalue weighted by atomic mass is 35.5. The molecule has 0 spiro atoms. The fourth-order valence-electron chi connectivity index (χ4n) is 1.81. The Kier molecular flexibility index (Phi) is 4.16. The second kappa shape index (κ2) is 5.65. The van der Waals surface area contributed by atoms with Crippen LogP contribution in [0.25, 0.3) is 0 Å². The van der Waals surface area contributed by atoms with E-state index in [-0.39, 0.29) is 23.2 Å². The van der Waals surface area contributed by atoms with Crippen molar-refractivity contribution >= 4 is 17.5 Å². The number of benzene rings is 1. The largest absolute Gasteiger partial charge is 0.389 e. The third-order valence-electron chi connectivity index (χ3n) is 2.82. The van der Waals surface area contributed by atoms with Gasteiger partial charge in [-0.05, 0) is 24.6 Å². The SMILES string of the molecule is O=C(N[C@@H]1CCOC[C@H]1O)c1ccc(F)cc1Cl. The summed E-state index contributed by atoms with van der Waals surface area (Å²) in [5, 5.41) is 12.4. The van der Waals surface area contributed by atoms with Crippen LogP contribution in [0.1, 0.15) is 16.8 Å². The second-order valence-electron chi connectivity index (χ2n) is 4.14. The highest BCUT2D eigenvalue weighted by Gasteiger charge is 2.26. The van der Waals surface area contributed by atoms with Crippen LogP contribution in [0.3, 0.4) is 0 Å². The first-order chi connectivity index (χ1) is 8.58. The zero-order chi connectivity index (χ0) is 13.1. The highest BCUT2D eigenvalue weighted by molar-refractivity contribution is 6.33. The molecule has 1 aromatic rings. The summed E-state index contributed by atoms with van der Waals surface area (Å²) in [5.74, 6) is -0.923. The van der Waals surface area contributed by atoms with Gasteiger partial charge in [0.2, 0.25) is 0 Å². The van der Waals surface area contributed by atoms with Crippen LogP contribution < -0.4 is 5.32 Å². The minimum atomic E-state index is -0.734. The maximum atomic E-state index is 12.9. The number of carbonyl (C=O) groups is 1. The summed E-state index contributed by atoms with van der Waals surface area (Å²) in [6.45, 7) is 0.682. The van der Waals surface area contributed by atoms with E-state index >= 15 is 0 Å². The van der Waals surface area contributed by atoms with Crippen molar-refractivity contribution in [3.8, 4) is 0 Å². The Morgan fingerprint density at radius 2 is 2.33 bits per heavy atom. The molecule has 0 aromatic heterocycles. The van der Waals surface area contributed by atoms with Crippen molar-refractivity contribution in [2.24, 2.45) is 0 Å². The predicted octanol–water partition coefficient (Wildman–Crippen LogP) is 1.36. The number of halogens is 2. The first-order valence-corrected chi connectivity index (χ1v) is 5.97. The molecule has 0 saturated carbocycles. The number of rotatable bonds is 2. The first-order valence-electron chi connectivity index (χ1n) is 5.59. The molecule has 1 aromatic carbocycles. The van der Waals surface area contributed by atoms with Gasteiger partial charge in [-0.25, -0.2) is 4.39 Å². The maximum absolute atomic E-state index is 12.9. The van der Waals surface area contributed by atoms with E-state index in [1.54, 1.807) is 0 Å². The Hall–Kier alpha value is -1.17. The average molecular weight is 274 g/mol. The van der Waals surface area contributed by atoms with Crippen LogP contribution in [0.2, 0.25) is 5.02 Å². The smallest absolute Gasteiger partial charge is 0.253 e. The van der Waals surface area contributed by atoms with Gasteiger partial charge in [0.15, 0.2) is 0 Å². The Morgan fingerprint density at radius 3 is 3.00 bits per heavy atom. The third kappa shape index (κ3) is 2.98. The van der Waals surface area contributed by atoms with Gasteiger partial charge in [-0.3, -0.25) is 4.79 Å². The molecule has 0 unspecified atom stereocenters. The van der Waals surface area contributed by atoms with Crippen LogP contribution in [-0.2, 0) is 4.74 Å². The number of ether oxygens (including phenoxy) is 1. The third-order valence-corrected chi connectivity index (χ3v) is 3.13. The molecule has 0 radical (unpaired) electrons. The molecule has 1 fully saturated rings. The Labute approximate surface area is 109 Å². The van der Waals surface area contributed by atoms with E-state index in [0.29, 0.717) is 13.0 Å². The molecule has 18 heavy (non-hydrogen) atoms. The maximum Gasteiger partial charge on any atom is 0.253 e. The molecule has 4 nitrogen and oxygen atoms in total. The van der Waals surface area contributed by atoms with E-state index < -0.39 is 17.8 Å². The fourth-order valence-corrected chi connectivity index (χ4v) is 2.06. The Balaban J connectivity index is 2.07. The van der Waals surface area contributed by atoms with Crippen LogP contribution in [0, 0.1) is 5.82 Å². The van der Waals surface area contributed by atoms with Gasteiger partial charge >= 0.3 is 0 Å². The molecule has 1 amide bonds. The lowest BCUT2D eigenvalue weighted by Crippen LogP contribution is -2.48. The molecule has 1 heterocycles. The summed E-state index contributed by atoms with van der Waals surface area (Å²) in [4.78, 5) is 11.9. The normalized spacial score (nSPS) is 23.7. The lowest BCUT2D eigenvalue weighted by molar-refractivity contribution is -0.0260. The molecule has 1 aliphatic rings. The van der Waals surface area contributed by atoms with E-state index in [2.05, 4.69) is 5.32 Å². The van der Waals surface area contributed by atoms with Gasteiger partial charge in [0.1, 0.15) is 5.82 Å². The summed E-state index contributed by atoms with van der Waals surface area (Å²) in [6.07, 6.45) is -0.201. The van der Waals surface area contributed by atoms with Crippen molar-refractivity contribution in [3.63, 3.8) is 0 Å². The molecule has 0 bridgehead atoms. The Morgan fingerprint density at radius 1 is 1.56 bits per heavy atom. The second-order valence-corrected chi connectivity index (χ2v) is 4.54. The molecule has 2 N–H and O–H groups in total. The van der Waals surface area contributed by atoms with E-state index in [9.17, 15) is 14.3 Å². The number of aliphatic hydroxyl groups is 1. The number of nitrogens with one attached hydrogen (secondary N) is 1. The van der Waals surface area contributed by atoms with Crippen LogP contribution in [-0.4, -0.2) is 36.4 Å². The van der Waals surface area contributed by atoms with E-state index in [0.717, 1.165) is 6.07 Å². The van der Waals surface area contributed by atoms with Crippen molar-refractivity contribution in [3.05, 3.63) is 34.6 Å². The van der Waals surface area contributed by atoms with Crippen molar-refractivity contribution in [2.75, 3.05) is 13.2 Å². The molecule has 0 aliphatic carbocycles. The minimum absolute atomic E-state index is 0.0500. The number of hydrogen-bond donors (Lipinski definition) is 2. The molecule has 2 rings (SSSR count). The van der Waals surface area contributed by atoms with E-state index in [1.807, 2.05) is 0 Å². The lowest BCUT2D eigenvalue weighted by Gasteiger charge is -2.28. The monoisotopic (exact) mass is 273 g/mol. The molecule has 6 heteroatoms. The zero-order valence-corrected chi connectivity index (χ0v) is 10.3. The van der Waals surface area contributed by atoms with Crippen molar-refractivity contribution < 1.29 is 19.0 Å². The Bertz CT molecular complexity index is 455. The first kappa shape index (κ1) is 13.3. The quantitative estimate of drug-likeness (QED) is 0.855. The van der Waals surface area contributed by atoms with Crippen molar-refractivity contribution in [2.45, 2.75) is 18.6 Å². The minimum Gasteiger partial charge on any atom is -0.389 e. The van der Waals surface area contributed by atoms with Gasteiger partial charge in [0.25, 0.3) is 5.91 Å². The van der Waals surface area contributed by atoms with Gasteiger partial charge in [-0.15, -0.1) is 0 Å². The fraction of sp³-hybridized carbons (Fsp3) is 0.417. The predicted molar refractivity (Wildman–Crippen MR) is 64.1 cm³/mol. The number of hydrogen-bond acceptors (Lipinski definition) is 3. The van der Waals surface area contributed by atoms with Gasteiger partial charge in [0, 0.05) is 6.61 Å². The molecular formula is C12H13ClFNO3. The van der Waals surface area contributed by atoms with Crippen molar-refractivity contribution in [1.29, 1.82) is 0 Å². The topological polar surface area (TPSA) is 58.6 Å².